The van der Waals surface area contributed by atoms with E-state index in [-0.39, 0.29) is 12.3 Å². The van der Waals surface area contributed by atoms with E-state index in [0.29, 0.717) is 10.7 Å². The minimum Gasteiger partial charge on any atom is -0.452 e. The fourth-order valence-electron chi connectivity index (χ4n) is 1.58. The number of carbonyl (C=O) groups is 2. The number of hydrogen-bond donors (Lipinski definition) is 0. The molecule has 0 aromatic heterocycles. The lowest BCUT2D eigenvalue weighted by molar-refractivity contribution is -0.116. The summed E-state index contributed by atoms with van der Waals surface area (Å²) in [6, 6.07) is 4.95. The summed E-state index contributed by atoms with van der Waals surface area (Å²) in [7, 11) is 1.24. The Morgan fingerprint density at radius 1 is 1.53 bits per heavy atom. The largest absolute Gasteiger partial charge is 0.452 e. The minimum absolute atomic E-state index is 0.186. The van der Waals surface area contributed by atoms with Crippen molar-refractivity contribution in [2.24, 2.45) is 0 Å². The number of nitrogens with zero attached hydrogens (tertiary/aromatic N) is 1. The third kappa shape index (κ3) is 1.57. The van der Waals surface area contributed by atoms with Crippen molar-refractivity contribution < 1.29 is 14.3 Å². The summed E-state index contributed by atoms with van der Waals surface area (Å²) in [6.45, 7) is 0. The number of benzene rings is 1. The van der Waals surface area contributed by atoms with Crippen LogP contribution in [0.4, 0.5) is 10.5 Å². The van der Waals surface area contributed by atoms with Crippen LogP contribution in [0.25, 0.3) is 0 Å². The summed E-state index contributed by atoms with van der Waals surface area (Å²) in [5.74, 6) is -0.292. The highest BCUT2D eigenvalue weighted by molar-refractivity contribution is 6.31. The van der Waals surface area contributed by atoms with Gasteiger partial charge in [-0.2, -0.15) is 0 Å². The monoisotopic (exact) mass is 225 g/mol. The lowest BCUT2D eigenvalue weighted by atomic mass is 10.2. The van der Waals surface area contributed by atoms with E-state index in [2.05, 4.69) is 4.74 Å². The van der Waals surface area contributed by atoms with Gasteiger partial charge in [-0.05, 0) is 23.8 Å². The first-order valence-corrected chi connectivity index (χ1v) is 4.70. The van der Waals surface area contributed by atoms with Gasteiger partial charge in [-0.15, -0.1) is 0 Å². The maximum atomic E-state index is 11.5. The van der Waals surface area contributed by atoms with E-state index >= 15 is 0 Å². The van der Waals surface area contributed by atoms with Crippen LogP contribution in [-0.2, 0) is 16.0 Å². The molecule has 0 saturated carbocycles. The van der Waals surface area contributed by atoms with Crippen LogP contribution in [0.1, 0.15) is 5.56 Å². The topological polar surface area (TPSA) is 46.6 Å². The molecule has 0 fully saturated rings. The van der Waals surface area contributed by atoms with E-state index in [1.807, 2.05) is 0 Å². The number of hydrogen-bond acceptors (Lipinski definition) is 3. The molecule has 0 atom stereocenters. The van der Waals surface area contributed by atoms with Gasteiger partial charge in [0, 0.05) is 5.02 Å². The highest BCUT2D eigenvalue weighted by atomic mass is 35.5. The van der Waals surface area contributed by atoms with E-state index in [0.717, 1.165) is 10.5 Å². The molecule has 1 heterocycles. The SMILES string of the molecule is COC(=O)N1C(=O)Cc2cc(Cl)ccc21. The van der Waals surface area contributed by atoms with Crippen molar-refractivity contribution in [3.05, 3.63) is 28.8 Å². The quantitative estimate of drug-likeness (QED) is 0.679. The van der Waals surface area contributed by atoms with Gasteiger partial charge in [0.05, 0.1) is 19.2 Å². The lowest BCUT2D eigenvalue weighted by Crippen LogP contribution is -2.33. The van der Waals surface area contributed by atoms with Crippen LogP contribution in [0.3, 0.4) is 0 Å². The number of anilines is 1. The molecule has 1 aliphatic rings. The van der Waals surface area contributed by atoms with Gasteiger partial charge in [-0.25, -0.2) is 9.69 Å². The number of imide groups is 1. The Morgan fingerprint density at radius 3 is 2.93 bits per heavy atom. The molecule has 15 heavy (non-hydrogen) atoms. The molecular formula is C10H8ClNO3. The predicted octanol–water partition coefficient (Wildman–Crippen LogP) is 2.00. The normalized spacial score (nSPS) is 14.0. The van der Waals surface area contributed by atoms with Crippen LogP contribution in [0.15, 0.2) is 18.2 Å². The Balaban J connectivity index is 2.46. The van der Waals surface area contributed by atoms with Gasteiger partial charge in [0.15, 0.2) is 0 Å². The minimum atomic E-state index is -0.666. The number of carbonyl (C=O) groups excluding carboxylic acids is 2. The van der Waals surface area contributed by atoms with Gasteiger partial charge >= 0.3 is 6.09 Å². The van der Waals surface area contributed by atoms with Gasteiger partial charge in [-0.1, -0.05) is 11.6 Å². The average molecular weight is 226 g/mol. The predicted molar refractivity (Wildman–Crippen MR) is 55.0 cm³/mol. The maximum Gasteiger partial charge on any atom is 0.420 e. The van der Waals surface area contributed by atoms with Crippen molar-refractivity contribution in [1.82, 2.24) is 0 Å². The third-order valence-electron chi connectivity index (χ3n) is 2.23. The molecule has 2 amide bonds. The standard InChI is InChI=1S/C10H8ClNO3/c1-15-10(14)12-8-3-2-7(11)4-6(8)5-9(12)13/h2-4H,5H2,1H3. The number of rotatable bonds is 0. The van der Waals surface area contributed by atoms with Gasteiger partial charge in [0.25, 0.3) is 0 Å². The summed E-state index contributed by atoms with van der Waals surface area (Å²) in [5.41, 5.74) is 1.30. The summed E-state index contributed by atoms with van der Waals surface area (Å²) in [6.07, 6.45) is -0.480. The summed E-state index contributed by atoms with van der Waals surface area (Å²) in [4.78, 5) is 23.9. The Kier molecular flexibility index (Phi) is 2.36. The van der Waals surface area contributed by atoms with Crippen LogP contribution in [0.5, 0.6) is 0 Å². The zero-order valence-electron chi connectivity index (χ0n) is 7.99. The molecule has 4 nitrogen and oxygen atoms in total. The van der Waals surface area contributed by atoms with Crippen LogP contribution < -0.4 is 4.90 Å². The molecule has 0 bridgehead atoms. The van der Waals surface area contributed by atoms with Crippen LogP contribution >= 0.6 is 11.6 Å². The zero-order chi connectivity index (χ0) is 11.0. The van der Waals surface area contributed by atoms with Crippen molar-refractivity contribution >= 4 is 29.3 Å². The van der Waals surface area contributed by atoms with Gasteiger partial charge in [0.2, 0.25) is 5.91 Å². The van der Waals surface area contributed by atoms with Crippen molar-refractivity contribution in [1.29, 1.82) is 0 Å². The summed E-state index contributed by atoms with van der Waals surface area (Å²) < 4.78 is 4.52. The van der Waals surface area contributed by atoms with Gasteiger partial charge in [0.1, 0.15) is 0 Å². The van der Waals surface area contributed by atoms with Crippen LogP contribution in [0.2, 0.25) is 5.02 Å². The first-order valence-electron chi connectivity index (χ1n) is 4.33. The van der Waals surface area contributed by atoms with E-state index in [9.17, 15) is 9.59 Å². The number of halogens is 1. The van der Waals surface area contributed by atoms with E-state index < -0.39 is 6.09 Å². The molecular weight excluding hydrogens is 218 g/mol. The molecule has 1 aromatic rings. The van der Waals surface area contributed by atoms with Crippen molar-refractivity contribution in [2.45, 2.75) is 6.42 Å². The number of ether oxygens (including phenoxy) is 1. The summed E-state index contributed by atoms with van der Waals surface area (Å²) in [5, 5.41) is 0.549. The lowest BCUT2D eigenvalue weighted by Gasteiger charge is -2.13. The van der Waals surface area contributed by atoms with Gasteiger partial charge < -0.3 is 4.74 Å². The fourth-order valence-corrected chi connectivity index (χ4v) is 1.78. The second-order valence-corrected chi connectivity index (χ2v) is 3.59. The number of fused-ring (bicyclic) bond motifs is 1. The van der Waals surface area contributed by atoms with Gasteiger partial charge in [-0.3, -0.25) is 4.79 Å². The van der Waals surface area contributed by atoms with Crippen molar-refractivity contribution in [2.75, 3.05) is 12.0 Å². The molecule has 1 aliphatic heterocycles. The highest BCUT2D eigenvalue weighted by Gasteiger charge is 2.32. The molecule has 0 radical (unpaired) electrons. The Labute approximate surface area is 91.4 Å². The number of amides is 2. The second-order valence-electron chi connectivity index (χ2n) is 3.15. The zero-order valence-corrected chi connectivity index (χ0v) is 8.75. The van der Waals surface area contributed by atoms with Crippen LogP contribution in [0, 0.1) is 0 Å². The fraction of sp³-hybridized carbons (Fsp3) is 0.200. The molecule has 1 aromatic carbocycles. The molecule has 2 rings (SSSR count). The average Bonchev–Trinajstić information content (AvgIpc) is 2.52. The Hall–Kier alpha value is -1.55. The Bertz CT molecular complexity index is 444. The van der Waals surface area contributed by atoms with Crippen molar-refractivity contribution in [3.63, 3.8) is 0 Å². The van der Waals surface area contributed by atoms with Crippen molar-refractivity contribution in [3.8, 4) is 0 Å². The molecule has 0 unspecified atom stereocenters. The first-order chi connectivity index (χ1) is 7.13. The number of methoxy groups -OCH3 is 1. The highest BCUT2D eigenvalue weighted by Crippen LogP contribution is 2.31. The third-order valence-corrected chi connectivity index (χ3v) is 2.47. The van der Waals surface area contributed by atoms with E-state index in [1.165, 1.54) is 7.11 Å². The van der Waals surface area contributed by atoms with E-state index in [1.54, 1.807) is 18.2 Å². The second kappa shape index (κ2) is 3.55. The summed E-state index contributed by atoms with van der Waals surface area (Å²) >= 11 is 5.79. The molecule has 0 saturated heterocycles. The molecule has 0 spiro atoms. The van der Waals surface area contributed by atoms with Crippen LogP contribution in [-0.4, -0.2) is 19.1 Å². The maximum absolute atomic E-state index is 11.5. The first kappa shape index (κ1) is 9.98. The molecule has 5 heteroatoms. The molecule has 0 N–H and O–H groups in total. The molecule has 78 valence electrons. The Morgan fingerprint density at radius 2 is 2.27 bits per heavy atom. The smallest absolute Gasteiger partial charge is 0.420 e. The molecule has 0 aliphatic carbocycles. The van der Waals surface area contributed by atoms with E-state index in [4.69, 9.17) is 11.6 Å².